The second-order valence-corrected chi connectivity index (χ2v) is 6.92. The fourth-order valence-corrected chi connectivity index (χ4v) is 3.30. The number of nitrogens with zero attached hydrogens (tertiary/aromatic N) is 4. The Morgan fingerprint density at radius 3 is 2.48 bits per heavy atom. The van der Waals surface area contributed by atoms with Gasteiger partial charge in [0.25, 0.3) is 0 Å². The van der Waals surface area contributed by atoms with Crippen molar-refractivity contribution < 1.29 is 4.79 Å². The van der Waals surface area contributed by atoms with Crippen LogP contribution in [0.2, 0.25) is 0 Å². The first kappa shape index (κ1) is 18.7. The van der Waals surface area contributed by atoms with Gasteiger partial charge in [-0.05, 0) is 55.3 Å². The summed E-state index contributed by atoms with van der Waals surface area (Å²) >= 11 is 0. The predicted molar refractivity (Wildman–Crippen MR) is 115 cm³/mol. The van der Waals surface area contributed by atoms with E-state index in [4.69, 9.17) is 0 Å². The lowest BCUT2D eigenvalue weighted by Gasteiger charge is -2.17. The summed E-state index contributed by atoms with van der Waals surface area (Å²) in [7, 11) is 0. The fraction of sp³-hybridized carbons (Fsp3) is 0.238. The minimum absolute atomic E-state index is 0.123. The molecule has 2 aromatic carbocycles. The van der Waals surface area contributed by atoms with Crippen LogP contribution >= 0.6 is 0 Å². The second kappa shape index (κ2) is 8.55. The molecule has 8 nitrogen and oxygen atoms in total. The third-order valence-electron chi connectivity index (χ3n) is 4.61. The Labute approximate surface area is 169 Å². The van der Waals surface area contributed by atoms with E-state index in [2.05, 4.69) is 48.2 Å². The number of hydrogen-bond donors (Lipinski definition) is 3. The van der Waals surface area contributed by atoms with Gasteiger partial charge in [0, 0.05) is 42.8 Å². The minimum atomic E-state index is -0.123. The molecule has 148 valence electrons. The summed E-state index contributed by atoms with van der Waals surface area (Å²) in [6.45, 7) is 3.72. The molecule has 0 radical (unpaired) electrons. The summed E-state index contributed by atoms with van der Waals surface area (Å²) in [6.07, 6.45) is 4.10. The van der Waals surface area contributed by atoms with Crippen molar-refractivity contribution in [3.63, 3.8) is 0 Å². The average Bonchev–Trinajstić information content (AvgIpc) is 3.23. The summed E-state index contributed by atoms with van der Waals surface area (Å²) in [5, 5.41) is 17.2. The van der Waals surface area contributed by atoms with E-state index < -0.39 is 0 Å². The van der Waals surface area contributed by atoms with Gasteiger partial charge in [0.1, 0.15) is 0 Å². The third-order valence-corrected chi connectivity index (χ3v) is 4.61. The number of hydrogen-bond acceptors (Lipinski definition) is 7. The normalized spacial score (nSPS) is 13.2. The highest BCUT2D eigenvalue weighted by atomic mass is 16.1. The molecule has 1 saturated heterocycles. The van der Waals surface area contributed by atoms with Crippen molar-refractivity contribution in [3.8, 4) is 0 Å². The fourth-order valence-electron chi connectivity index (χ4n) is 3.30. The lowest BCUT2D eigenvalue weighted by atomic mass is 10.2. The van der Waals surface area contributed by atoms with E-state index in [1.165, 1.54) is 25.5 Å². The Bertz CT molecular complexity index is 984. The summed E-state index contributed by atoms with van der Waals surface area (Å²) in [4.78, 5) is 18.1. The smallest absolute Gasteiger partial charge is 0.249 e. The van der Waals surface area contributed by atoms with Crippen LogP contribution in [0.25, 0.3) is 0 Å². The molecule has 4 rings (SSSR count). The molecule has 1 aromatic heterocycles. The van der Waals surface area contributed by atoms with E-state index in [-0.39, 0.29) is 5.91 Å². The molecule has 0 saturated carbocycles. The number of aromatic nitrogens is 3. The summed E-state index contributed by atoms with van der Waals surface area (Å²) in [5.41, 5.74) is 3.63. The molecule has 2 heterocycles. The Kier molecular flexibility index (Phi) is 5.51. The van der Waals surface area contributed by atoms with Crippen molar-refractivity contribution in [2.45, 2.75) is 19.8 Å². The van der Waals surface area contributed by atoms with Crippen LogP contribution in [0.4, 0.5) is 34.5 Å². The van der Waals surface area contributed by atoms with E-state index in [0.29, 0.717) is 17.5 Å². The Morgan fingerprint density at radius 1 is 0.966 bits per heavy atom. The number of benzene rings is 2. The first-order chi connectivity index (χ1) is 14.2. The van der Waals surface area contributed by atoms with Crippen molar-refractivity contribution in [1.29, 1.82) is 0 Å². The van der Waals surface area contributed by atoms with Gasteiger partial charge in [-0.2, -0.15) is 10.1 Å². The number of amides is 1. The number of anilines is 6. The van der Waals surface area contributed by atoms with Crippen LogP contribution in [0.3, 0.4) is 0 Å². The standard InChI is InChI=1S/C21H23N7O/c1-15(29)23-17-5-4-6-18(13-17)25-21-26-20(14-22-27-21)24-16-7-9-19(10-8-16)28-11-2-3-12-28/h4-10,13-14H,2-3,11-12H2,1H3,(H,23,29)(H2,24,25,26,27). The van der Waals surface area contributed by atoms with Gasteiger partial charge in [0.2, 0.25) is 11.9 Å². The number of nitrogens with one attached hydrogen (secondary N) is 3. The monoisotopic (exact) mass is 389 g/mol. The van der Waals surface area contributed by atoms with Crippen LogP contribution in [0.1, 0.15) is 19.8 Å². The van der Waals surface area contributed by atoms with Crippen LogP contribution in [0.5, 0.6) is 0 Å². The van der Waals surface area contributed by atoms with E-state index in [9.17, 15) is 4.79 Å². The second-order valence-electron chi connectivity index (χ2n) is 6.92. The van der Waals surface area contributed by atoms with Gasteiger partial charge < -0.3 is 20.9 Å². The highest BCUT2D eigenvalue weighted by Gasteiger charge is 2.12. The summed E-state index contributed by atoms with van der Waals surface area (Å²) in [5.74, 6) is 0.833. The minimum Gasteiger partial charge on any atom is -0.372 e. The highest BCUT2D eigenvalue weighted by Crippen LogP contribution is 2.24. The lowest BCUT2D eigenvalue weighted by Crippen LogP contribution is -2.17. The maximum Gasteiger partial charge on any atom is 0.249 e. The van der Waals surface area contributed by atoms with Crippen molar-refractivity contribution in [2.24, 2.45) is 0 Å². The van der Waals surface area contributed by atoms with Crippen molar-refractivity contribution in [3.05, 3.63) is 54.7 Å². The molecule has 0 spiro atoms. The molecule has 1 fully saturated rings. The zero-order chi connectivity index (χ0) is 20.1. The van der Waals surface area contributed by atoms with Crippen LogP contribution in [0, 0.1) is 0 Å². The van der Waals surface area contributed by atoms with Gasteiger partial charge in [-0.25, -0.2) is 0 Å². The molecule has 3 aromatic rings. The van der Waals surface area contributed by atoms with Gasteiger partial charge >= 0.3 is 0 Å². The number of rotatable bonds is 6. The van der Waals surface area contributed by atoms with Gasteiger partial charge in [-0.1, -0.05) is 6.07 Å². The molecule has 1 amide bonds. The molecule has 29 heavy (non-hydrogen) atoms. The molecule has 0 atom stereocenters. The van der Waals surface area contributed by atoms with Gasteiger partial charge in [0.05, 0.1) is 6.20 Å². The Hall–Kier alpha value is -3.68. The van der Waals surface area contributed by atoms with E-state index in [1.807, 2.05) is 36.4 Å². The molecular formula is C21H23N7O. The molecule has 3 N–H and O–H groups in total. The Morgan fingerprint density at radius 2 is 1.72 bits per heavy atom. The first-order valence-corrected chi connectivity index (χ1v) is 9.62. The molecule has 0 unspecified atom stereocenters. The van der Waals surface area contributed by atoms with Crippen LogP contribution in [0.15, 0.2) is 54.7 Å². The average molecular weight is 389 g/mol. The zero-order valence-electron chi connectivity index (χ0n) is 16.2. The maximum atomic E-state index is 11.2. The molecule has 8 heteroatoms. The molecule has 1 aliphatic rings. The third kappa shape index (κ3) is 4.98. The molecular weight excluding hydrogens is 366 g/mol. The molecule has 1 aliphatic heterocycles. The quantitative estimate of drug-likeness (QED) is 0.588. The summed E-state index contributed by atoms with van der Waals surface area (Å²) < 4.78 is 0. The topological polar surface area (TPSA) is 95.1 Å². The predicted octanol–water partition coefficient (Wildman–Crippen LogP) is 3.92. The van der Waals surface area contributed by atoms with Crippen LogP contribution in [-0.2, 0) is 4.79 Å². The first-order valence-electron chi connectivity index (χ1n) is 9.62. The molecule has 0 bridgehead atoms. The van der Waals surface area contributed by atoms with Crippen molar-refractivity contribution >= 4 is 40.4 Å². The van der Waals surface area contributed by atoms with Crippen LogP contribution < -0.4 is 20.9 Å². The van der Waals surface area contributed by atoms with Crippen molar-refractivity contribution in [1.82, 2.24) is 15.2 Å². The number of carbonyl (C=O) groups excluding carboxylic acids is 1. The van der Waals surface area contributed by atoms with Crippen molar-refractivity contribution in [2.75, 3.05) is 33.9 Å². The van der Waals surface area contributed by atoms with E-state index >= 15 is 0 Å². The highest BCUT2D eigenvalue weighted by molar-refractivity contribution is 5.89. The van der Waals surface area contributed by atoms with Gasteiger partial charge in [-0.3, -0.25) is 4.79 Å². The van der Waals surface area contributed by atoms with Gasteiger partial charge in [-0.15, -0.1) is 5.10 Å². The van der Waals surface area contributed by atoms with Crippen LogP contribution in [-0.4, -0.2) is 34.2 Å². The lowest BCUT2D eigenvalue weighted by molar-refractivity contribution is -0.114. The van der Waals surface area contributed by atoms with Gasteiger partial charge in [0.15, 0.2) is 5.82 Å². The Balaban J connectivity index is 1.43. The maximum absolute atomic E-state index is 11.2. The SMILES string of the molecule is CC(=O)Nc1cccc(Nc2nncc(Nc3ccc(N4CCCC4)cc3)n2)c1. The summed E-state index contributed by atoms with van der Waals surface area (Å²) in [6, 6.07) is 15.7. The molecule has 0 aliphatic carbocycles. The zero-order valence-corrected chi connectivity index (χ0v) is 16.2. The number of carbonyl (C=O) groups is 1. The van der Waals surface area contributed by atoms with E-state index in [1.54, 1.807) is 6.20 Å². The van der Waals surface area contributed by atoms with E-state index in [0.717, 1.165) is 24.5 Å². The largest absolute Gasteiger partial charge is 0.372 e.